The van der Waals surface area contributed by atoms with E-state index in [1.54, 1.807) is 18.3 Å². The van der Waals surface area contributed by atoms with Crippen LogP contribution in [-0.2, 0) is 4.79 Å². The molecule has 0 atom stereocenters. The van der Waals surface area contributed by atoms with Gasteiger partial charge in [-0.25, -0.2) is 8.78 Å². The molecule has 8 heteroatoms. The van der Waals surface area contributed by atoms with E-state index in [0.717, 1.165) is 11.3 Å². The number of carboxylic acids is 1. The number of halogens is 2. The SMILES string of the molecule is COc1cc(-n2c(C(C)C)c([C@H]3CC[C@H](C(=O)O)CC3)c3c(F)c4[nH]ncc4cc32)ccc1F. The van der Waals surface area contributed by atoms with E-state index in [1.807, 2.05) is 10.6 Å². The van der Waals surface area contributed by atoms with E-state index in [0.29, 0.717) is 53.2 Å². The fourth-order valence-electron chi connectivity index (χ4n) is 5.53. The molecule has 2 N–H and O–H groups in total. The Hall–Kier alpha value is -3.42. The molecule has 0 amide bonds. The van der Waals surface area contributed by atoms with Crippen molar-refractivity contribution in [1.29, 1.82) is 0 Å². The first-order valence-electron chi connectivity index (χ1n) is 11.6. The third kappa shape index (κ3) is 3.43. The first kappa shape index (κ1) is 22.4. The third-order valence-corrected chi connectivity index (χ3v) is 7.11. The summed E-state index contributed by atoms with van der Waals surface area (Å²) in [4.78, 5) is 11.5. The molecule has 1 aliphatic rings. The lowest BCUT2D eigenvalue weighted by Gasteiger charge is -2.28. The molecule has 0 unspecified atom stereocenters. The number of hydrogen-bond donors (Lipinski definition) is 2. The second kappa shape index (κ2) is 8.42. The van der Waals surface area contributed by atoms with Gasteiger partial charge in [0.25, 0.3) is 0 Å². The molecular weight excluding hydrogens is 440 g/mol. The molecule has 2 aromatic carbocycles. The lowest BCUT2D eigenvalue weighted by atomic mass is 9.77. The number of benzene rings is 2. The molecule has 0 bridgehead atoms. The van der Waals surface area contributed by atoms with E-state index in [1.165, 1.54) is 13.2 Å². The highest BCUT2D eigenvalue weighted by molar-refractivity contribution is 5.99. The van der Waals surface area contributed by atoms with Gasteiger partial charge in [0.15, 0.2) is 17.4 Å². The topological polar surface area (TPSA) is 80.1 Å². The van der Waals surface area contributed by atoms with Gasteiger partial charge in [0, 0.05) is 28.2 Å². The van der Waals surface area contributed by atoms with Crippen molar-refractivity contribution in [3.8, 4) is 11.4 Å². The van der Waals surface area contributed by atoms with E-state index >= 15 is 4.39 Å². The Morgan fingerprint density at radius 3 is 2.59 bits per heavy atom. The second-order valence-corrected chi connectivity index (χ2v) is 9.41. The molecule has 5 rings (SSSR count). The van der Waals surface area contributed by atoms with E-state index < -0.39 is 11.8 Å². The van der Waals surface area contributed by atoms with Gasteiger partial charge in [0.05, 0.1) is 24.7 Å². The Morgan fingerprint density at radius 1 is 1.21 bits per heavy atom. The zero-order valence-electron chi connectivity index (χ0n) is 19.4. The number of carbonyl (C=O) groups is 1. The van der Waals surface area contributed by atoms with Crippen LogP contribution in [-0.4, -0.2) is 33.0 Å². The molecule has 0 saturated heterocycles. The Balaban J connectivity index is 1.82. The number of methoxy groups -OCH3 is 1. The molecule has 2 heterocycles. The number of hydrogen-bond acceptors (Lipinski definition) is 3. The maximum atomic E-state index is 16.0. The number of aromatic nitrogens is 3. The highest BCUT2D eigenvalue weighted by atomic mass is 19.1. The van der Waals surface area contributed by atoms with Crippen LogP contribution in [0.4, 0.5) is 8.78 Å². The summed E-state index contributed by atoms with van der Waals surface area (Å²) in [6, 6.07) is 6.56. The Labute approximate surface area is 195 Å². The van der Waals surface area contributed by atoms with Crippen molar-refractivity contribution in [2.45, 2.75) is 51.4 Å². The predicted molar refractivity (Wildman–Crippen MR) is 126 cm³/mol. The molecule has 4 aromatic rings. The molecule has 0 spiro atoms. The summed E-state index contributed by atoms with van der Waals surface area (Å²) in [5, 5.41) is 17.4. The molecule has 34 heavy (non-hydrogen) atoms. The monoisotopic (exact) mass is 467 g/mol. The van der Waals surface area contributed by atoms with E-state index in [-0.39, 0.29) is 29.3 Å². The van der Waals surface area contributed by atoms with Gasteiger partial charge in [-0.05, 0) is 61.3 Å². The quantitative estimate of drug-likeness (QED) is 0.362. The fraction of sp³-hybridized carbons (Fsp3) is 0.385. The lowest BCUT2D eigenvalue weighted by Crippen LogP contribution is -2.21. The normalized spacial score (nSPS) is 18.8. The van der Waals surface area contributed by atoms with E-state index in [9.17, 15) is 14.3 Å². The van der Waals surface area contributed by atoms with Crippen molar-refractivity contribution in [1.82, 2.24) is 14.8 Å². The second-order valence-electron chi connectivity index (χ2n) is 9.41. The fourth-order valence-corrected chi connectivity index (χ4v) is 5.53. The standard InChI is InChI=1S/C26H27F2N3O3/c1-13(2)25-21(14-4-6-15(7-5-14)26(32)33)22-19(10-16-12-29-30-24(16)23(22)28)31(25)17-8-9-18(27)20(11-17)34-3/h8-15H,4-7H2,1-3H3,(H,29,30)(H,32,33)/t14-,15-. The van der Waals surface area contributed by atoms with Crippen LogP contribution in [0.15, 0.2) is 30.5 Å². The Morgan fingerprint density at radius 2 is 1.94 bits per heavy atom. The first-order chi connectivity index (χ1) is 16.3. The van der Waals surface area contributed by atoms with Crippen molar-refractivity contribution in [2.24, 2.45) is 5.92 Å². The summed E-state index contributed by atoms with van der Waals surface area (Å²) < 4.78 is 37.5. The molecule has 0 aliphatic heterocycles. The van der Waals surface area contributed by atoms with E-state index in [4.69, 9.17) is 4.74 Å². The number of nitrogens with one attached hydrogen (secondary N) is 1. The van der Waals surface area contributed by atoms with Crippen molar-refractivity contribution in [3.63, 3.8) is 0 Å². The smallest absolute Gasteiger partial charge is 0.306 e. The van der Waals surface area contributed by atoms with Gasteiger partial charge in [-0.1, -0.05) is 13.8 Å². The predicted octanol–water partition coefficient (Wildman–Crippen LogP) is 6.28. The van der Waals surface area contributed by atoms with Gasteiger partial charge in [-0.2, -0.15) is 5.10 Å². The van der Waals surface area contributed by atoms with Crippen LogP contribution in [0.2, 0.25) is 0 Å². The maximum Gasteiger partial charge on any atom is 0.306 e. The summed E-state index contributed by atoms with van der Waals surface area (Å²) in [7, 11) is 1.42. The minimum atomic E-state index is -0.770. The summed E-state index contributed by atoms with van der Waals surface area (Å²) in [6.07, 6.45) is 4.05. The third-order valence-electron chi connectivity index (χ3n) is 7.11. The average Bonchev–Trinajstić information content (AvgIpc) is 3.43. The minimum Gasteiger partial charge on any atom is -0.494 e. The van der Waals surface area contributed by atoms with Crippen molar-refractivity contribution in [3.05, 3.63) is 53.4 Å². The van der Waals surface area contributed by atoms with Crippen LogP contribution >= 0.6 is 0 Å². The highest BCUT2D eigenvalue weighted by Crippen LogP contribution is 2.46. The number of aromatic amines is 1. The summed E-state index contributed by atoms with van der Waals surface area (Å²) in [5.74, 6) is -1.80. The molecule has 1 aliphatic carbocycles. The Bertz CT molecular complexity index is 1400. The number of rotatable bonds is 5. The van der Waals surface area contributed by atoms with Crippen molar-refractivity contribution in [2.75, 3.05) is 7.11 Å². The van der Waals surface area contributed by atoms with Gasteiger partial charge in [0.2, 0.25) is 0 Å². The number of carboxylic acid groups (broad SMARTS) is 1. The van der Waals surface area contributed by atoms with Gasteiger partial charge in [-0.15, -0.1) is 0 Å². The number of fused-ring (bicyclic) bond motifs is 2. The minimum absolute atomic E-state index is 0.0222. The zero-order valence-corrected chi connectivity index (χ0v) is 19.4. The maximum absolute atomic E-state index is 16.0. The number of ether oxygens (including phenoxy) is 1. The van der Waals surface area contributed by atoms with Crippen molar-refractivity contribution < 1.29 is 23.4 Å². The molecule has 6 nitrogen and oxygen atoms in total. The molecule has 0 radical (unpaired) electrons. The highest BCUT2D eigenvalue weighted by Gasteiger charge is 2.33. The molecule has 1 fully saturated rings. The first-order valence-corrected chi connectivity index (χ1v) is 11.6. The molecular formula is C26H27F2N3O3. The van der Waals surface area contributed by atoms with Gasteiger partial charge < -0.3 is 14.4 Å². The van der Waals surface area contributed by atoms with Crippen molar-refractivity contribution >= 4 is 27.8 Å². The largest absolute Gasteiger partial charge is 0.494 e. The zero-order chi connectivity index (χ0) is 24.1. The number of nitrogens with zero attached hydrogens (tertiary/aromatic N) is 2. The van der Waals surface area contributed by atoms with Crippen LogP contribution < -0.4 is 4.74 Å². The van der Waals surface area contributed by atoms with Crippen LogP contribution in [0.1, 0.15) is 62.6 Å². The van der Waals surface area contributed by atoms with E-state index in [2.05, 4.69) is 24.0 Å². The van der Waals surface area contributed by atoms with Crippen LogP contribution in [0.25, 0.3) is 27.5 Å². The Kier molecular flexibility index (Phi) is 5.54. The van der Waals surface area contributed by atoms with Gasteiger partial charge in [0.1, 0.15) is 5.52 Å². The van der Waals surface area contributed by atoms with Crippen LogP contribution in [0.3, 0.4) is 0 Å². The summed E-state index contributed by atoms with van der Waals surface area (Å²) >= 11 is 0. The molecule has 2 aromatic heterocycles. The lowest BCUT2D eigenvalue weighted by molar-refractivity contribution is -0.142. The summed E-state index contributed by atoms with van der Waals surface area (Å²) in [5.41, 5.74) is 3.56. The number of H-pyrrole nitrogens is 1. The van der Waals surface area contributed by atoms with Gasteiger partial charge >= 0.3 is 5.97 Å². The van der Waals surface area contributed by atoms with Crippen LogP contribution in [0.5, 0.6) is 5.75 Å². The van der Waals surface area contributed by atoms with Crippen LogP contribution in [0, 0.1) is 17.6 Å². The molecule has 178 valence electrons. The number of aliphatic carboxylic acids is 1. The summed E-state index contributed by atoms with van der Waals surface area (Å²) in [6.45, 7) is 4.12. The van der Waals surface area contributed by atoms with Gasteiger partial charge in [-0.3, -0.25) is 9.89 Å². The average molecular weight is 468 g/mol. The molecule has 1 saturated carbocycles.